The number of carbonyl (C=O) groups excluding carboxylic acids is 1. The van der Waals surface area contributed by atoms with Gasteiger partial charge < -0.3 is 15.4 Å². The normalized spacial score (nSPS) is 17.8. The number of hydrogen-bond donors (Lipinski definition) is 2. The second kappa shape index (κ2) is 6.57. The van der Waals surface area contributed by atoms with Crippen molar-refractivity contribution in [3.63, 3.8) is 0 Å². The van der Waals surface area contributed by atoms with Gasteiger partial charge in [0.05, 0.1) is 12.7 Å². The van der Waals surface area contributed by atoms with Crippen molar-refractivity contribution in [1.82, 2.24) is 10.6 Å². The lowest BCUT2D eigenvalue weighted by Gasteiger charge is -2.29. The molecule has 0 aliphatic carbocycles. The van der Waals surface area contributed by atoms with E-state index in [1.807, 2.05) is 18.2 Å². The Morgan fingerprint density at radius 3 is 2.74 bits per heavy atom. The van der Waals surface area contributed by atoms with Crippen molar-refractivity contribution < 1.29 is 9.53 Å². The van der Waals surface area contributed by atoms with Crippen LogP contribution in [0.3, 0.4) is 0 Å². The minimum absolute atomic E-state index is 0.0523. The largest absolute Gasteiger partial charge is 0.496 e. The smallest absolute Gasteiger partial charge is 0.255 e. The highest BCUT2D eigenvalue weighted by molar-refractivity contribution is 5.97. The minimum atomic E-state index is -0.0523. The van der Waals surface area contributed by atoms with Crippen molar-refractivity contribution in [1.29, 1.82) is 0 Å². The molecule has 1 fully saturated rings. The second-order valence-electron chi connectivity index (χ2n) is 5.05. The molecule has 0 aromatic heterocycles. The molecule has 1 heterocycles. The van der Waals surface area contributed by atoms with Crippen LogP contribution in [0.1, 0.15) is 30.1 Å². The fourth-order valence-corrected chi connectivity index (χ4v) is 2.58. The minimum Gasteiger partial charge on any atom is -0.496 e. The number of methoxy groups -OCH3 is 1. The predicted molar refractivity (Wildman–Crippen MR) is 75.5 cm³/mol. The molecule has 1 aromatic carbocycles. The molecule has 1 aliphatic heterocycles. The number of piperidine rings is 1. The lowest BCUT2D eigenvalue weighted by molar-refractivity contribution is 0.0917. The molecular weight excluding hydrogens is 240 g/mol. The summed E-state index contributed by atoms with van der Waals surface area (Å²) in [5.74, 6) is 1.13. The summed E-state index contributed by atoms with van der Waals surface area (Å²) in [7, 11) is 1.59. The van der Waals surface area contributed by atoms with Crippen molar-refractivity contribution in [3.05, 3.63) is 29.8 Å². The zero-order valence-electron chi connectivity index (χ0n) is 11.6. The number of hydrogen-bond acceptors (Lipinski definition) is 3. The zero-order chi connectivity index (χ0) is 13.7. The molecule has 1 amide bonds. The molecule has 104 valence electrons. The first-order valence-electron chi connectivity index (χ1n) is 6.87. The van der Waals surface area contributed by atoms with Gasteiger partial charge >= 0.3 is 0 Å². The van der Waals surface area contributed by atoms with Crippen molar-refractivity contribution >= 4 is 5.91 Å². The topological polar surface area (TPSA) is 50.4 Å². The maximum absolute atomic E-state index is 12.3. The molecule has 2 N–H and O–H groups in total. The Kier molecular flexibility index (Phi) is 4.80. The van der Waals surface area contributed by atoms with Crippen LogP contribution in [0.15, 0.2) is 24.3 Å². The molecule has 0 saturated carbocycles. The van der Waals surface area contributed by atoms with Crippen molar-refractivity contribution in [3.8, 4) is 5.75 Å². The molecule has 0 radical (unpaired) electrons. The number of nitrogens with one attached hydrogen (secondary N) is 2. The number of para-hydroxylation sites is 1. The molecule has 0 bridgehead atoms. The van der Waals surface area contributed by atoms with Crippen LogP contribution in [0.25, 0.3) is 0 Å². The van der Waals surface area contributed by atoms with Gasteiger partial charge in [0.15, 0.2) is 0 Å². The first-order valence-corrected chi connectivity index (χ1v) is 6.87. The van der Waals surface area contributed by atoms with Gasteiger partial charge in [-0.3, -0.25) is 4.79 Å². The molecule has 19 heavy (non-hydrogen) atoms. The lowest BCUT2D eigenvalue weighted by Crippen LogP contribution is -2.42. The first kappa shape index (κ1) is 13.9. The van der Waals surface area contributed by atoms with Crippen LogP contribution in [0.5, 0.6) is 5.75 Å². The van der Waals surface area contributed by atoms with Gasteiger partial charge in [0.1, 0.15) is 5.75 Å². The summed E-state index contributed by atoms with van der Waals surface area (Å²) >= 11 is 0. The summed E-state index contributed by atoms with van der Waals surface area (Å²) in [5.41, 5.74) is 0.603. The highest BCUT2D eigenvalue weighted by Gasteiger charge is 2.22. The highest BCUT2D eigenvalue weighted by atomic mass is 16.5. The summed E-state index contributed by atoms with van der Waals surface area (Å²) in [6.07, 6.45) is 2.24. The predicted octanol–water partition coefficient (Wildman–Crippen LogP) is 1.81. The molecule has 1 saturated heterocycles. The highest BCUT2D eigenvalue weighted by Crippen LogP contribution is 2.19. The first-order chi connectivity index (χ1) is 9.22. The van der Waals surface area contributed by atoms with Crippen molar-refractivity contribution in [2.24, 2.45) is 5.92 Å². The van der Waals surface area contributed by atoms with E-state index in [-0.39, 0.29) is 11.9 Å². The fraction of sp³-hybridized carbons (Fsp3) is 0.533. The molecule has 1 unspecified atom stereocenters. The third-order valence-electron chi connectivity index (χ3n) is 3.80. The fourth-order valence-electron chi connectivity index (χ4n) is 2.58. The number of ether oxygens (including phenoxy) is 1. The van der Waals surface area contributed by atoms with Crippen LogP contribution in [-0.4, -0.2) is 32.1 Å². The number of carbonyl (C=O) groups is 1. The van der Waals surface area contributed by atoms with Gasteiger partial charge in [-0.15, -0.1) is 0 Å². The Morgan fingerprint density at radius 1 is 1.37 bits per heavy atom. The Hall–Kier alpha value is -1.55. The zero-order valence-corrected chi connectivity index (χ0v) is 11.6. The molecule has 2 rings (SSSR count). The van der Waals surface area contributed by atoms with E-state index in [2.05, 4.69) is 17.6 Å². The molecule has 1 aromatic rings. The number of rotatable bonds is 4. The average molecular weight is 262 g/mol. The van der Waals surface area contributed by atoms with E-state index in [4.69, 9.17) is 4.74 Å². The van der Waals surface area contributed by atoms with Crippen LogP contribution in [-0.2, 0) is 0 Å². The number of amides is 1. The van der Waals surface area contributed by atoms with E-state index < -0.39 is 0 Å². The second-order valence-corrected chi connectivity index (χ2v) is 5.05. The maximum atomic E-state index is 12.3. The van der Waals surface area contributed by atoms with E-state index >= 15 is 0 Å². The van der Waals surface area contributed by atoms with Crippen LogP contribution in [0.4, 0.5) is 0 Å². The van der Waals surface area contributed by atoms with Gasteiger partial charge in [-0.05, 0) is 50.9 Å². The molecule has 4 heteroatoms. The van der Waals surface area contributed by atoms with E-state index in [0.717, 1.165) is 25.9 Å². The summed E-state index contributed by atoms with van der Waals surface area (Å²) < 4.78 is 5.22. The summed E-state index contributed by atoms with van der Waals surface area (Å²) in [6.45, 7) is 4.17. The Balaban J connectivity index is 1.99. The molecular formula is C15H22N2O2. The quantitative estimate of drug-likeness (QED) is 0.870. The Bertz CT molecular complexity index is 428. The maximum Gasteiger partial charge on any atom is 0.255 e. The van der Waals surface area contributed by atoms with E-state index in [9.17, 15) is 4.79 Å². The van der Waals surface area contributed by atoms with Gasteiger partial charge in [-0.2, -0.15) is 0 Å². The summed E-state index contributed by atoms with van der Waals surface area (Å²) in [6, 6.07) is 7.52. The van der Waals surface area contributed by atoms with E-state index in [1.165, 1.54) is 0 Å². The van der Waals surface area contributed by atoms with Crippen LogP contribution >= 0.6 is 0 Å². The van der Waals surface area contributed by atoms with E-state index in [1.54, 1.807) is 13.2 Å². The monoisotopic (exact) mass is 262 g/mol. The summed E-state index contributed by atoms with van der Waals surface area (Å²) in [4.78, 5) is 12.3. The molecule has 4 nitrogen and oxygen atoms in total. The molecule has 1 atom stereocenters. The van der Waals surface area contributed by atoms with Gasteiger partial charge in [0.2, 0.25) is 0 Å². The number of benzene rings is 1. The van der Waals surface area contributed by atoms with Crippen LogP contribution < -0.4 is 15.4 Å². The standard InChI is InChI=1S/C15H22N2O2/c1-11(12-7-9-16-10-8-12)17-15(18)13-5-3-4-6-14(13)19-2/h3-6,11-12,16H,7-10H2,1-2H3,(H,17,18). The SMILES string of the molecule is COc1ccccc1C(=O)NC(C)C1CCNCC1. The Morgan fingerprint density at radius 2 is 2.05 bits per heavy atom. The van der Waals surface area contributed by atoms with Crippen LogP contribution in [0, 0.1) is 5.92 Å². The van der Waals surface area contributed by atoms with Crippen LogP contribution in [0.2, 0.25) is 0 Å². The van der Waals surface area contributed by atoms with Crippen molar-refractivity contribution in [2.45, 2.75) is 25.8 Å². The van der Waals surface area contributed by atoms with Gasteiger partial charge in [0.25, 0.3) is 5.91 Å². The van der Waals surface area contributed by atoms with Gasteiger partial charge in [0, 0.05) is 6.04 Å². The molecule has 1 aliphatic rings. The van der Waals surface area contributed by atoms with Gasteiger partial charge in [-0.25, -0.2) is 0 Å². The lowest BCUT2D eigenvalue weighted by atomic mass is 9.91. The van der Waals surface area contributed by atoms with Crippen molar-refractivity contribution in [2.75, 3.05) is 20.2 Å². The summed E-state index contributed by atoms with van der Waals surface area (Å²) in [5, 5.41) is 6.43. The molecule has 0 spiro atoms. The van der Waals surface area contributed by atoms with Gasteiger partial charge in [-0.1, -0.05) is 12.1 Å². The Labute approximate surface area is 114 Å². The third kappa shape index (κ3) is 3.47. The third-order valence-corrected chi connectivity index (χ3v) is 3.80. The van der Waals surface area contributed by atoms with E-state index in [0.29, 0.717) is 17.2 Å². The average Bonchev–Trinajstić information content (AvgIpc) is 2.48.